The number of aliphatic hydroxyl groups is 2. The first-order valence-electron chi connectivity index (χ1n) is 9.81. The van der Waals surface area contributed by atoms with Crippen molar-refractivity contribution < 1.29 is 10.2 Å². The quantitative estimate of drug-likeness (QED) is 0.433. The molecule has 1 aliphatic carbocycles. The van der Waals surface area contributed by atoms with Crippen molar-refractivity contribution in [3.63, 3.8) is 0 Å². The Labute approximate surface area is 177 Å². The van der Waals surface area contributed by atoms with Crippen molar-refractivity contribution in [1.82, 2.24) is 19.5 Å². The molecule has 1 aliphatic heterocycles. The van der Waals surface area contributed by atoms with Crippen LogP contribution < -0.4 is 5.32 Å². The molecule has 29 heavy (non-hydrogen) atoms. The molecule has 5 rings (SSSR count). The molecule has 3 heterocycles. The molecular weight excluding hydrogens is 410 g/mol. The number of fused-ring (bicyclic) bond motifs is 2. The van der Waals surface area contributed by atoms with Crippen LogP contribution in [0.5, 0.6) is 0 Å². The largest absolute Gasteiger partial charge is 0.389 e. The Bertz CT molecular complexity index is 1020. The minimum atomic E-state index is -0.872. The third kappa shape index (κ3) is 3.59. The van der Waals surface area contributed by atoms with Gasteiger partial charge in [0.15, 0.2) is 17.0 Å². The van der Waals surface area contributed by atoms with E-state index in [1.54, 1.807) is 10.9 Å². The number of nitrogens with zero attached hydrogens (tertiary/aromatic N) is 4. The van der Waals surface area contributed by atoms with E-state index in [9.17, 15) is 10.2 Å². The fraction of sp³-hybridized carbons (Fsp3) is 0.450. The van der Waals surface area contributed by atoms with Gasteiger partial charge in [-0.25, -0.2) is 4.98 Å². The monoisotopic (exact) mass is 431 g/mol. The highest BCUT2D eigenvalue weighted by Crippen LogP contribution is 2.38. The number of benzene rings is 1. The highest BCUT2D eigenvalue weighted by atomic mass is 35.5. The number of aromatic nitrogens is 4. The number of rotatable bonds is 3. The van der Waals surface area contributed by atoms with Gasteiger partial charge in [0.25, 0.3) is 0 Å². The molecule has 3 aromatic rings. The van der Waals surface area contributed by atoms with Crippen LogP contribution in [0, 0.1) is 0 Å². The summed E-state index contributed by atoms with van der Waals surface area (Å²) in [7, 11) is 0. The standard InChI is InChI=1S/C20H22ClN5O2S/c21-20-24-17(23-13-7-5-11-3-1-2-4-12(11)6-8-13)15-18(25-20)26(10-22-15)19-16(28)14(27)9-29-19/h1-4,10,13-14,16,19,27-28H,5-9H2,(H,23,24,25)/t14-,16-,19-/m1/s1. The van der Waals surface area contributed by atoms with E-state index in [-0.39, 0.29) is 16.7 Å². The van der Waals surface area contributed by atoms with Gasteiger partial charge in [0.1, 0.15) is 11.5 Å². The summed E-state index contributed by atoms with van der Waals surface area (Å²) in [6.45, 7) is 0. The maximum Gasteiger partial charge on any atom is 0.226 e. The van der Waals surface area contributed by atoms with Crippen LogP contribution in [0.2, 0.25) is 5.28 Å². The molecule has 0 radical (unpaired) electrons. The zero-order valence-electron chi connectivity index (χ0n) is 15.7. The van der Waals surface area contributed by atoms with Crippen molar-refractivity contribution in [1.29, 1.82) is 0 Å². The number of aryl methyl sites for hydroxylation is 2. The first-order chi connectivity index (χ1) is 14.1. The Morgan fingerprint density at radius 1 is 1.10 bits per heavy atom. The predicted octanol–water partition coefficient (Wildman–Crippen LogP) is 2.81. The maximum atomic E-state index is 10.3. The third-order valence-electron chi connectivity index (χ3n) is 5.78. The molecule has 9 heteroatoms. The first kappa shape index (κ1) is 19.1. The van der Waals surface area contributed by atoms with Gasteiger partial charge in [-0.3, -0.25) is 4.57 Å². The van der Waals surface area contributed by atoms with E-state index in [2.05, 4.69) is 44.5 Å². The van der Waals surface area contributed by atoms with Crippen LogP contribution >= 0.6 is 23.4 Å². The summed E-state index contributed by atoms with van der Waals surface area (Å²) in [5.41, 5.74) is 4.02. The summed E-state index contributed by atoms with van der Waals surface area (Å²) in [6.07, 6.45) is 4.06. The summed E-state index contributed by atoms with van der Waals surface area (Å²) in [4.78, 5) is 13.3. The van der Waals surface area contributed by atoms with E-state index in [1.165, 1.54) is 22.9 Å². The molecule has 0 amide bonds. The molecule has 0 unspecified atom stereocenters. The van der Waals surface area contributed by atoms with Crippen LogP contribution in [-0.2, 0) is 12.8 Å². The number of halogens is 1. The molecule has 0 saturated carbocycles. The number of imidazole rings is 1. The van der Waals surface area contributed by atoms with Gasteiger partial charge in [0.2, 0.25) is 5.28 Å². The van der Waals surface area contributed by atoms with Gasteiger partial charge in [0.05, 0.1) is 12.4 Å². The lowest BCUT2D eigenvalue weighted by Crippen LogP contribution is -2.27. The number of hydrogen-bond acceptors (Lipinski definition) is 7. The zero-order chi connectivity index (χ0) is 20.0. The third-order valence-corrected chi connectivity index (χ3v) is 7.33. The average molecular weight is 432 g/mol. The van der Waals surface area contributed by atoms with Crippen LogP contribution in [-0.4, -0.2) is 53.7 Å². The number of aliphatic hydroxyl groups excluding tert-OH is 2. The highest BCUT2D eigenvalue weighted by Gasteiger charge is 2.36. The number of thioether (sulfide) groups is 1. The summed E-state index contributed by atoms with van der Waals surface area (Å²) >= 11 is 7.70. The number of nitrogens with one attached hydrogen (secondary N) is 1. The molecule has 2 aliphatic rings. The number of hydrogen-bond donors (Lipinski definition) is 3. The van der Waals surface area contributed by atoms with Gasteiger partial charge in [-0.05, 0) is 48.4 Å². The molecule has 1 fully saturated rings. The van der Waals surface area contributed by atoms with Gasteiger partial charge in [-0.15, -0.1) is 11.8 Å². The molecule has 3 N–H and O–H groups in total. The van der Waals surface area contributed by atoms with Crippen molar-refractivity contribution in [2.75, 3.05) is 11.1 Å². The average Bonchev–Trinajstić information content (AvgIpc) is 3.20. The Morgan fingerprint density at radius 2 is 1.83 bits per heavy atom. The van der Waals surface area contributed by atoms with Gasteiger partial charge in [-0.2, -0.15) is 9.97 Å². The van der Waals surface area contributed by atoms with Crippen molar-refractivity contribution in [3.8, 4) is 0 Å². The molecule has 1 aromatic carbocycles. The molecule has 2 aromatic heterocycles. The number of anilines is 1. The SMILES string of the molecule is O[C@@H]1[C@H](O)CS[C@H]1n1cnc2c(NC3CCc4ccccc4CC3)nc(Cl)nc21. The predicted molar refractivity (Wildman–Crippen MR) is 114 cm³/mol. The summed E-state index contributed by atoms with van der Waals surface area (Å²) < 4.78 is 1.78. The van der Waals surface area contributed by atoms with Gasteiger partial charge in [-0.1, -0.05) is 24.3 Å². The van der Waals surface area contributed by atoms with Gasteiger partial charge < -0.3 is 15.5 Å². The fourth-order valence-corrected chi connectivity index (χ4v) is 5.64. The molecule has 152 valence electrons. The van der Waals surface area contributed by atoms with Crippen molar-refractivity contribution in [2.45, 2.75) is 49.3 Å². The van der Waals surface area contributed by atoms with E-state index in [0.717, 1.165) is 25.7 Å². The molecule has 0 bridgehead atoms. The highest BCUT2D eigenvalue weighted by molar-refractivity contribution is 7.99. The van der Waals surface area contributed by atoms with Crippen molar-refractivity contribution in [3.05, 3.63) is 47.0 Å². The maximum absolute atomic E-state index is 10.3. The van der Waals surface area contributed by atoms with Crippen LogP contribution in [0.1, 0.15) is 29.3 Å². The summed E-state index contributed by atoms with van der Waals surface area (Å²) in [6, 6.07) is 8.87. The lowest BCUT2D eigenvalue weighted by Gasteiger charge is -2.19. The first-order valence-corrected chi connectivity index (χ1v) is 11.2. The Hall–Kier alpha value is -1.87. The lowest BCUT2D eigenvalue weighted by atomic mass is 10.0. The van der Waals surface area contributed by atoms with E-state index >= 15 is 0 Å². The van der Waals surface area contributed by atoms with Crippen LogP contribution in [0.25, 0.3) is 11.2 Å². The summed E-state index contributed by atoms with van der Waals surface area (Å²) in [5.74, 6) is 1.09. The van der Waals surface area contributed by atoms with E-state index in [1.807, 2.05) is 0 Å². The topological polar surface area (TPSA) is 96.1 Å². The molecule has 1 saturated heterocycles. The van der Waals surface area contributed by atoms with E-state index in [0.29, 0.717) is 22.7 Å². The second-order valence-electron chi connectivity index (χ2n) is 7.63. The Balaban J connectivity index is 1.42. The van der Waals surface area contributed by atoms with E-state index in [4.69, 9.17) is 11.6 Å². The minimum Gasteiger partial charge on any atom is -0.389 e. The minimum absolute atomic E-state index is 0.136. The molecule has 0 spiro atoms. The summed E-state index contributed by atoms with van der Waals surface area (Å²) in [5, 5.41) is 23.5. The van der Waals surface area contributed by atoms with Crippen LogP contribution in [0.3, 0.4) is 0 Å². The van der Waals surface area contributed by atoms with Gasteiger partial charge in [0, 0.05) is 11.8 Å². The second-order valence-corrected chi connectivity index (χ2v) is 9.12. The van der Waals surface area contributed by atoms with Crippen molar-refractivity contribution in [2.24, 2.45) is 0 Å². The normalized spacial score (nSPS) is 25.1. The zero-order valence-corrected chi connectivity index (χ0v) is 17.3. The molecular formula is C20H22ClN5O2S. The molecule has 7 nitrogen and oxygen atoms in total. The Morgan fingerprint density at radius 3 is 2.48 bits per heavy atom. The van der Waals surface area contributed by atoms with Crippen LogP contribution in [0.4, 0.5) is 5.82 Å². The van der Waals surface area contributed by atoms with Crippen molar-refractivity contribution >= 4 is 40.3 Å². The van der Waals surface area contributed by atoms with E-state index < -0.39 is 12.2 Å². The van der Waals surface area contributed by atoms with Crippen LogP contribution in [0.15, 0.2) is 30.6 Å². The fourth-order valence-electron chi connectivity index (χ4n) is 4.19. The molecule has 3 atom stereocenters. The smallest absolute Gasteiger partial charge is 0.226 e. The second kappa shape index (κ2) is 7.75. The van der Waals surface area contributed by atoms with Gasteiger partial charge >= 0.3 is 0 Å². The lowest BCUT2D eigenvalue weighted by molar-refractivity contribution is 0.0313. The Kier molecular flexibility index (Phi) is 5.11.